The van der Waals surface area contributed by atoms with Crippen molar-refractivity contribution in [2.75, 3.05) is 19.0 Å². The van der Waals surface area contributed by atoms with Crippen LogP contribution in [0.4, 0.5) is 5.69 Å². The molecule has 0 aliphatic heterocycles. The molecule has 0 aromatic heterocycles. The highest BCUT2D eigenvalue weighted by Gasteiger charge is 2.02. The molecular weight excluding hydrogens is 216 g/mol. The molecule has 17 heavy (non-hydrogen) atoms. The fourth-order valence-electron chi connectivity index (χ4n) is 1.42. The Morgan fingerprint density at radius 3 is 2.47 bits per heavy atom. The molecule has 0 heterocycles. The molecule has 0 aliphatic rings. The zero-order valence-electron chi connectivity index (χ0n) is 10.6. The first-order valence-electron chi connectivity index (χ1n) is 5.79. The number of benzene rings is 1. The van der Waals surface area contributed by atoms with Gasteiger partial charge in [0.15, 0.2) is 0 Å². The third-order valence-electron chi connectivity index (χ3n) is 2.22. The Morgan fingerprint density at radius 1 is 1.29 bits per heavy atom. The van der Waals surface area contributed by atoms with Crippen molar-refractivity contribution in [1.29, 1.82) is 0 Å². The van der Waals surface area contributed by atoms with Gasteiger partial charge in [0.2, 0.25) is 5.91 Å². The minimum Gasteiger partial charge on any atom is -0.497 e. The van der Waals surface area contributed by atoms with E-state index in [0.717, 1.165) is 11.4 Å². The summed E-state index contributed by atoms with van der Waals surface area (Å²) in [6.45, 7) is 4.54. The highest BCUT2D eigenvalue weighted by molar-refractivity contribution is 5.76. The largest absolute Gasteiger partial charge is 0.497 e. The minimum absolute atomic E-state index is 0.0704. The van der Waals surface area contributed by atoms with Crippen molar-refractivity contribution in [1.82, 2.24) is 5.32 Å². The van der Waals surface area contributed by atoms with E-state index >= 15 is 0 Å². The first kappa shape index (κ1) is 13.4. The minimum atomic E-state index is 0.0704. The van der Waals surface area contributed by atoms with Crippen LogP contribution in [0, 0.1) is 0 Å². The van der Waals surface area contributed by atoms with Crippen LogP contribution in [0.3, 0.4) is 0 Å². The summed E-state index contributed by atoms with van der Waals surface area (Å²) >= 11 is 0. The summed E-state index contributed by atoms with van der Waals surface area (Å²) in [5, 5.41) is 6.03. The van der Waals surface area contributed by atoms with Gasteiger partial charge in [-0.15, -0.1) is 0 Å². The first-order chi connectivity index (χ1) is 8.11. The Bertz CT molecular complexity index is 347. The van der Waals surface area contributed by atoms with E-state index in [1.165, 1.54) is 0 Å². The van der Waals surface area contributed by atoms with Crippen LogP contribution < -0.4 is 15.4 Å². The summed E-state index contributed by atoms with van der Waals surface area (Å²) in [6, 6.07) is 7.83. The lowest BCUT2D eigenvalue weighted by atomic mass is 10.3. The number of carbonyl (C=O) groups excluding carboxylic acids is 1. The second-order valence-electron chi connectivity index (χ2n) is 4.13. The van der Waals surface area contributed by atoms with Crippen LogP contribution in [0.1, 0.15) is 20.3 Å². The van der Waals surface area contributed by atoms with Crippen molar-refractivity contribution in [2.45, 2.75) is 26.3 Å². The summed E-state index contributed by atoms with van der Waals surface area (Å²) in [7, 11) is 1.64. The SMILES string of the molecule is COc1ccc(NCCC(=O)NC(C)C)cc1. The van der Waals surface area contributed by atoms with E-state index in [9.17, 15) is 4.79 Å². The van der Waals surface area contributed by atoms with Gasteiger partial charge in [-0.3, -0.25) is 4.79 Å². The fraction of sp³-hybridized carbons (Fsp3) is 0.462. The van der Waals surface area contributed by atoms with Gasteiger partial charge in [0.05, 0.1) is 7.11 Å². The van der Waals surface area contributed by atoms with Gasteiger partial charge in [-0.05, 0) is 38.1 Å². The molecule has 0 spiro atoms. The van der Waals surface area contributed by atoms with Crippen molar-refractivity contribution < 1.29 is 9.53 Å². The van der Waals surface area contributed by atoms with Crippen molar-refractivity contribution >= 4 is 11.6 Å². The Balaban J connectivity index is 2.28. The maximum absolute atomic E-state index is 11.4. The van der Waals surface area contributed by atoms with E-state index in [1.54, 1.807) is 7.11 Å². The molecule has 2 N–H and O–H groups in total. The number of carbonyl (C=O) groups is 1. The molecule has 0 saturated carbocycles. The number of amides is 1. The van der Waals surface area contributed by atoms with Gasteiger partial charge in [0.1, 0.15) is 5.75 Å². The Kier molecular flexibility index (Phi) is 5.33. The second-order valence-corrected chi connectivity index (χ2v) is 4.13. The molecule has 1 rings (SSSR count). The van der Waals surface area contributed by atoms with Gasteiger partial charge in [-0.25, -0.2) is 0 Å². The molecule has 1 aromatic rings. The maximum Gasteiger partial charge on any atom is 0.221 e. The highest BCUT2D eigenvalue weighted by atomic mass is 16.5. The predicted molar refractivity (Wildman–Crippen MR) is 69.4 cm³/mol. The van der Waals surface area contributed by atoms with Crippen molar-refractivity contribution in [2.24, 2.45) is 0 Å². The molecule has 0 fully saturated rings. The lowest BCUT2D eigenvalue weighted by Crippen LogP contribution is -2.31. The third kappa shape index (κ3) is 5.24. The van der Waals surface area contributed by atoms with Gasteiger partial charge in [0.25, 0.3) is 0 Å². The molecule has 0 bridgehead atoms. The standard InChI is InChI=1S/C13H20N2O2/c1-10(2)15-13(16)8-9-14-11-4-6-12(17-3)7-5-11/h4-7,10,14H,8-9H2,1-3H3,(H,15,16). The van der Waals surface area contributed by atoms with E-state index < -0.39 is 0 Å². The molecule has 0 unspecified atom stereocenters. The molecule has 0 atom stereocenters. The molecule has 0 saturated heterocycles. The van der Waals surface area contributed by atoms with E-state index in [1.807, 2.05) is 38.1 Å². The van der Waals surface area contributed by atoms with Crippen LogP contribution in [-0.4, -0.2) is 25.6 Å². The molecule has 4 nitrogen and oxygen atoms in total. The van der Waals surface area contributed by atoms with Crippen LogP contribution in [0.15, 0.2) is 24.3 Å². The van der Waals surface area contributed by atoms with Gasteiger partial charge in [0, 0.05) is 24.7 Å². The Hall–Kier alpha value is -1.71. The van der Waals surface area contributed by atoms with Gasteiger partial charge >= 0.3 is 0 Å². The predicted octanol–water partition coefficient (Wildman–Crippen LogP) is 2.02. The summed E-state index contributed by atoms with van der Waals surface area (Å²) < 4.78 is 5.06. The van der Waals surface area contributed by atoms with Gasteiger partial charge in [-0.1, -0.05) is 0 Å². The van der Waals surface area contributed by atoms with E-state index in [4.69, 9.17) is 4.74 Å². The van der Waals surface area contributed by atoms with Gasteiger partial charge in [-0.2, -0.15) is 0 Å². The normalized spacial score (nSPS) is 10.1. The molecule has 94 valence electrons. The smallest absolute Gasteiger partial charge is 0.221 e. The number of hydrogen-bond donors (Lipinski definition) is 2. The van der Waals surface area contributed by atoms with E-state index in [2.05, 4.69) is 10.6 Å². The zero-order chi connectivity index (χ0) is 12.7. The average Bonchev–Trinajstić information content (AvgIpc) is 2.29. The van der Waals surface area contributed by atoms with Crippen LogP contribution in [0.2, 0.25) is 0 Å². The lowest BCUT2D eigenvalue weighted by molar-refractivity contribution is -0.121. The monoisotopic (exact) mass is 236 g/mol. The van der Waals surface area contributed by atoms with Crippen molar-refractivity contribution in [3.63, 3.8) is 0 Å². The summed E-state index contributed by atoms with van der Waals surface area (Å²) in [4.78, 5) is 11.4. The molecule has 1 aromatic carbocycles. The number of hydrogen-bond acceptors (Lipinski definition) is 3. The summed E-state index contributed by atoms with van der Waals surface area (Å²) in [5.74, 6) is 0.897. The highest BCUT2D eigenvalue weighted by Crippen LogP contribution is 2.14. The zero-order valence-corrected chi connectivity index (χ0v) is 10.6. The van der Waals surface area contributed by atoms with Crippen molar-refractivity contribution in [3.05, 3.63) is 24.3 Å². The number of anilines is 1. The molecule has 0 aliphatic carbocycles. The van der Waals surface area contributed by atoms with E-state index in [0.29, 0.717) is 13.0 Å². The topological polar surface area (TPSA) is 50.4 Å². The Morgan fingerprint density at radius 2 is 1.94 bits per heavy atom. The second kappa shape index (κ2) is 6.78. The molecule has 4 heteroatoms. The number of rotatable bonds is 6. The third-order valence-corrected chi connectivity index (χ3v) is 2.22. The Labute approximate surface area is 102 Å². The summed E-state index contributed by atoms with van der Waals surface area (Å²) in [5.41, 5.74) is 0.989. The van der Waals surface area contributed by atoms with Crippen molar-refractivity contribution in [3.8, 4) is 5.75 Å². The molecular formula is C13H20N2O2. The number of methoxy groups -OCH3 is 1. The lowest BCUT2D eigenvalue weighted by Gasteiger charge is -2.09. The van der Waals surface area contributed by atoms with Crippen LogP contribution in [0.25, 0.3) is 0 Å². The van der Waals surface area contributed by atoms with Crippen LogP contribution >= 0.6 is 0 Å². The first-order valence-corrected chi connectivity index (χ1v) is 5.79. The quantitative estimate of drug-likeness (QED) is 0.794. The number of ether oxygens (including phenoxy) is 1. The number of nitrogens with one attached hydrogen (secondary N) is 2. The maximum atomic E-state index is 11.4. The average molecular weight is 236 g/mol. The van der Waals surface area contributed by atoms with Gasteiger partial charge < -0.3 is 15.4 Å². The van der Waals surface area contributed by atoms with E-state index in [-0.39, 0.29) is 11.9 Å². The van der Waals surface area contributed by atoms with Crippen LogP contribution in [0.5, 0.6) is 5.75 Å². The summed E-state index contributed by atoms with van der Waals surface area (Å²) in [6.07, 6.45) is 0.476. The molecule has 1 amide bonds. The fourth-order valence-corrected chi connectivity index (χ4v) is 1.42. The molecule has 0 radical (unpaired) electrons. The van der Waals surface area contributed by atoms with Crippen LogP contribution in [-0.2, 0) is 4.79 Å².